The van der Waals surface area contributed by atoms with Gasteiger partial charge in [0.1, 0.15) is 5.01 Å². The molecular formula is C12H21N3O2S. The van der Waals surface area contributed by atoms with Gasteiger partial charge in [0, 0.05) is 12.0 Å². The third kappa shape index (κ3) is 4.04. The maximum absolute atomic E-state index is 11.8. The molecule has 1 aromatic rings. The van der Waals surface area contributed by atoms with Crippen LogP contribution in [0.1, 0.15) is 22.5 Å². The van der Waals surface area contributed by atoms with Gasteiger partial charge in [-0.15, -0.1) is 11.3 Å². The molecule has 0 saturated carbocycles. The van der Waals surface area contributed by atoms with E-state index >= 15 is 0 Å². The van der Waals surface area contributed by atoms with Crippen molar-refractivity contribution in [2.75, 3.05) is 21.2 Å². The van der Waals surface area contributed by atoms with Crippen LogP contribution >= 0.6 is 11.3 Å². The number of nitrogens with one attached hydrogen (secondary N) is 1. The number of aromatic nitrogens is 1. The molecule has 18 heavy (non-hydrogen) atoms. The molecule has 0 radical (unpaired) electrons. The second kappa shape index (κ2) is 6.82. The zero-order valence-electron chi connectivity index (χ0n) is 11.6. The molecule has 0 saturated heterocycles. The molecule has 0 aliphatic rings. The Morgan fingerprint density at radius 1 is 1.56 bits per heavy atom. The van der Waals surface area contributed by atoms with E-state index < -0.39 is 0 Å². The summed E-state index contributed by atoms with van der Waals surface area (Å²) in [6, 6.07) is -0.128. The fourth-order valence-corrected chi connectivity index (χ4v) is 2.37. The van der Waals surface area contributed by atoms with Crippen molar-refractivity contribution in [3.05, 3.63) is 15.6 Å². The van der Waals surface area contributed by atoms with E-state index in [2.05, 4.69) is 10.3 Å². The second-order valence-corrected chi connectivity index (χ2v) is 5.57. The number of aryl methyl sites for hydroxylation is 1. The van der Waals surface area contributed by atoms with Crippen molar-refractivity contribution in [3.8, 4) is 0 Å². The Morgan fingerprint density at radius 2 is 2.22 bits per heavy atom. The molecule has 6 heteroatoms. The summed E-state index contributed by atoms with van der Waals surface area (Å²) in [7, 11) is 5.43. The van der Waals surface area contributed by atoms with Gasteiger partial charge < -0.3 is 10.1 Å². The number of thiazole rings is 1. The highest BCUT2D eigenvalue weighted by Crippen LogP contribution is 2.18. The Balaban J connectivity index is 2.55. The van der Waals surface area contributed by atoms with E-state index in [0.29, 0.717) is 13.2 Å². The van der Waals surface area contributed by atoms with Gasteiger partial charge >= 0.3 is 0 Å². The minimum atomic E-state index is -0.128. The van der Waals surface area contributed by atoms with Crippen molar-refractivity contribution in [3.63, 3.8) is 0 Å². The van der Waals surface area contributed by atoms with Crippen LogP contribution < -0.4 is 5.32 Å². The van der Waals surface area contributed by atoms with Crippen molar-refractivity contribution in [2.24, 2.45) is 0 Å². The van der Waals surface area contributed by atoms with Crippen LogP contribution in [0.15, 0.2) is 0 Å². The van der Waals surface area contributed by atoms with Gasteiger partial charge in [0.05, 0.1) is 24.9 Å². The molecule has 102 valence electrons. The number of ether oxygens (including phenoxy) is 1. The quantitative estimate of drug-likeness (QED) is 0.843. The molecule has 5 nitrogen and oxygen atoms in total. The molecule has 0 bridgehead atoms. The average Bonchev–Trinajstić information content (AvgIpc) is 2.66. The van der Waals surface area contributed by atoms with Crippen molar-refractivity contribution in [2.45, 2.75) is 33.0 Å². The number of likely N-dealkylation sites (N-methyl/N-ethyl adjacent to an activating group) is 1. The van der Waals surface area contributed by atoms with Gasteiger partial charge in [-0.05, 0) is 27.9 Å². The molecule has 0 unspecified atom stereocenters. The Hall–Kier alpha value is -0.980. The molecular weight excluding hydrogens is 250 g/mol. The molecule has 0 spiro atoms. The first kappa shape index (κ1) is 15.1. The monoisotopic (exact) mass is 271 g/mol. The lowest BCUT2D eigenvalue weighted by molar-refractivity contribution is -0.125. The smallest absolute Gasteiger partial charge is 0.237 e. The molecule has 1 aromatic heterocycles. The standard InChI is InChI=1S/C12H21N3O2S/c1-8-10(18-11(14-8)7-17-5)6-13-12(16)9(2)15(3)4/h9H,6-7H2,1-5H3,(H,13,16)/t9-/m1/s1. The van der Waals surface area contributed by atoms with E-state index in [1.165, 1.54) is 0 Å². The lowest BCUT2D eigenvalue weighted by Gasteiger charge is -2.18. The highest BCUT2D eigenvalue weighted by atomic mass is 32.1. The van der Waals surface area contributed by atoms with Gasteiger partial charge in [-0.3, -0.25) is 9.69 Å². The second-order valence-electron chi connectivity index (χ2n) is 4.41. The summed E-state index contributed by atoms with van der Waals surface area (Å²) in [5, 5.41) is 3.87. The summed E-state index contributed by atoms with van der Waals surface area (Å²) >= 11 is 1.58. The van der Waals surface area contributed by atoms with Crippen molar-refractivity contribution >= 4 is 17.2 Å². The van der Waals surface area contributed by atoms with Crippen LogP contribution in [0.4, 0.5) is 0 Å². The number of carbonyl (C=O) groups excluding carboxylic acids is 1. The third-order valence-corrected chi connectivity index (χ3v) is 3.91. The van der Waals surface area contributed by atoms with Gasteiger partial charge in [-0.25, -0.2) is 4.98 Å². The van der Waals surface area contributed by atoms with Crippen molar-refractivity contribution in [1.82, 2.24) is 15.2 Å². The van der Waals surface area contributed by atoms with Crippen LogP contribution in [0.2, 0.25) is 0 Å². The van der Waals surface area contributed by atoms with Crippen LogP contribution in [0.25, 0.3) is 0 Å². The normalized spacial score (nSPS) is 12.8. The number of carbonyl (C=O) groups is 1. The number of nitrogens with zero attached hydrogens (tertiary/aromatic N) is 2. The zero-order chi connectivity index (χ0) is 13.7. The van der Waals surface area contributed by atoms with Crippen LogP contribution in [0.5, 0.6) is 0 Å². The van der Waals surface area contributed by atoms with Crippen molar-refractivity contribution < 1.29 is 9.53 Å². The first-order chi connectivity index (χ1) is 8.45. The summed E-state index contributed by atoms with van der Waals surface area (Å²) in [5.41, 5.74) is 0.963. The first-order valence-corrected chi connectivity index (χ1v) is 6.65. The number of hydrogen-bond donors (Lipinski definition) is 1. The fraction of sp³-hybridized carbons (Fsp3) is 0.667. The predicted octanol–water partition coefficient (Wildman–Crippen LogP) is 1.16. The largest absolute Gasteiger partial charge is 0.378 e. The zero-order valence-corrected chi connectivity index (χ0v) is 12.4. The molecule has 1 rings (SSSR count). The van der Waals surface area contributed by atoms with E-state index in [-0.39, 0.29) is 11.9 Å². The molecule has 0 aliphatic heterocycles. The lowest BCUT2D eigenvalue weighted by atomic mass is 10.3. The average molecular weight is 271 g/mol. The molecule has 1 amide bonds. The predicted molar refractivity (Wildman–Crippen MR) is 72.6 cm³/mol. The van der Waals surface area contributed by atoms with Crippen molar-refractivity contribution in [1.29, 1.82) is 0 Å². The number of amides is 1. The minimum absolute atomic E-state index is 0.0288. The van der Waals surface area contributed by atoms with Crippen LogP contribution in [0, 0.1) is 6.92 Å². The van der Waals surface area contributed by atoms with E-state index in [1.54, 1.807) is 18.4 Å². The number of rotatable bonds is 6. The third-order valence-electron chi connectivity index (χ3n) is 2.78. The summed E-state index contributed by atoms with van der Waals surface area (Å²) in [5.74, 6) is 0.0288. The molecule has 0 aromatic carbocycles. The van der Waals surface area contributed by atoms with E-state index in [1.807, 2.05) is 32.8 Å². The van der Waals surface area contributed by atoms with Gasteiger partial charge in [-0.1, -0.05) is 0 Å². The first-order valence-electron chi connectivity index (χ1n) is 5.84. The topological polar surface area (TPSA) is 54.5 Å². The maximum atomic E-state index is 11.8. The Kier molecular flexibility index (Phi) is 5.71. The Labute approximate surface area is 112 Å². The van der Waals surface area contributed by atoms with Gasteiger partial charge in [0.2, 0.25) is 5.91 Å². The van der Waals surface area contributed by atoms with Crippen LogP contribution in [-0.4, -0.2) is 43.0 Å². The van der Waals surface area contributed by atoms with E-state index in [9.17, 15) is 4.79 Å². The molecule has 1 heterocycles. The van der Waals surface area contributed by atoms with Gasteiger partial charge in [0.15, 0.2) is 0 Å². The molecule has 1 N–H and O–H groups in total. The summed E-state index contributed by atoms with van der Waals surface area (Å²) in [6.45, 7) is 4.88. The summed E-state index contributed by atoms with van der Waals surface area (Å²) < 4.78 is 5.05. The fourth-order valence-electron chi connectivity index (χ4n) is 1.39. The summed E-state index contributed by atoms with van der Waals surface area (Å²) in [6.07, 6.45) is 0. The molecule has 0 fully saturated rings. The number of hydrogen-bond acceptors (Lipinski definition) is 5. The van der Waals surface area contributed by atoms with Gasteiger partial charge in [-0.2, -0.15) is 0 Å². The van der Waals surface area contributed by atoms with Crippen LogP contribution in [-0.2, 0) is 22.7 Å². The van der Waals surface area contributed by atoms with Gasteiger partial charge in [0.25, 0.3) is 0 Å². The SMILES string of the molecule is COCc1nc(C)c(CNC(=O)[C@@H](C)N(C)C)s1. The maximum Gasteiger partial charge on any atom is 0.237 e. The summed E-state index contributed by atoms with van der Waals surface area (Å²) in [4.78, 5) is 19.2. The molecule has 1 atom stereocenters. The van der Waals surface area contributed by atoms with E-state index in [0.717, 1.165) is 15.6 Å². The Morgan fingerprint density at radius 3 is 2.78 bits per heavy atom. The van der Waals surface area contributed by atoms with Crippen LogP contribution in [0.3, 0.4) is 0 Å². The molecule has 0 aliphatic carbocycles. The Bertz CT molecular complexity index is 404. The number of methoxy groups -OCH3 is 1. The highest BCUT2D eigenvalue weighted by molar-refractivity contribution is 7.11. The van der Waals surface area contributed by atoms with E-state index in [4.69, 9.17) is 4.74 Å². The lowest BCUT2D eigenvalue weighted by Crippen LogP contribution is -2.41. The minimum Gasteiger partial charge on any atom is -0.378 e. The highest BCUT2D eigenvalue weighted by Gasteiger charge is 2.15.